The van der Waals surface area contributed by atoms with Crippen LogP contribution >= 0.6 is 27.3 Å². The molecule has 1 aliphatic heterocycles. The second-order valence-electron chi connectivity index (χ2n) is 3.75. The summed E-state index contributed by atoms with van der Waals surface area (Å²) < 4.78 is 6.55. The van der Waals surface area contributed by atoms with Gasteiger partial charge in [-0.25, -0.2) is 0 Å². The molecule has 14 heavy (non-hydrogen) atoms. The summed E-state index contributed by atoms with van der Waals surface area (Å²) in [5.74, 6) is 0.500. The molecule has 2 nitrogen and oxygen atoms in total. The van der Waals surface area contributed by atoms with Crippen LogP contribution in [0.1, 0.15) is 22.9 Å². The summed E-state index contributed by atoms with van der Waals surface area (Å²) >= 11 is 5.27. The first kappa shape index (κ1) is 10.6. The van der Waals surface area contributed by atoms with Crippen molar-refractivity contribution in [3.8, 4) is 0 Å². The topological polar surface area (TPSA) is 35.2 Å². The van der Waals surface area contributed by atoms with Crippen LogP contribution in [-0.2, 0) is 4.74 Å². The molecule has 1 aromatic rings. The zero-order valence-corrected chi connectivity index (χ0v) is 10.5. The molecule has 2 unspecified atom stereocenters. The molecular weight excluding hydrogens is 262 g/mol. The lowest BCUT2D eigenvalue weighted by Crippen LogP contribution is -2.20. The lowest BCUT2D eigenvalue weighted by atomic mass is 9.98. The Balaban J connectivity index is 2.13. The van der Waals surface area contributed by atoms with Gasteiger partial charge in [-0.05, 0) is 40.9 Å². The van der Waals surface area contributed by atoms with Crippen molar-refractivity contribution in [2.75, 3.05) is 13.2 Å². The van der Waals surface area contributed by atoms with E-state index in [-0.39, 0.29) is 6.04 Å². The average Bonchev–Trinajstić information content (AvgIpc) is 2.76. The number of halogens is 1. The molecule has 0 spiro atoms. The van der Waals surface area contributed by atoms with Crippen LogP contribution in [0.25, 0.3) is 0 Å². The van der Waals surface area contributed by atoms with Crippen LogP contribution in [0.3, 0.4) is 0 Å². The molecule has 0 saturated carbocycles. The van der Waals surface area contributed by atoms with Crippen molar-refractivity contribution in [1.29, 1.82) is 0 Å². The second-order valence-corrected chi connectivity index (χ2v) is 6.16. The third-order valence-corrected chi connectivity index (χ3v) is 4.92. The van der Waals surface area contributed by atoms with Crippen molar-refractivity contribution in [3.05, 3.63) is 20.3 Å². The molecule has 2 heterocycles. The maximum Gasteiger partial charge on any atom is 0.0731 e. The molecule has 2 atom stereocenters. The van der Waals surface area contributed by atoms with Gasteiger partial charge in [0.1, 0.15) is 0 Å². The lowest BCUT2D eigenvalue weighted by Gasteiger charge is -2.15. The molecule has 0 amide bonds. The Bertz CT molecular complexity index is 300. The fraction of sp³-hybridized carbons (Fsp3) is 0.600. The van der Waals surface area contributed by atoms with Gasteiger partial charge in [0.15, 0.2) is 0 Å². The SMILES string of the molecule is Cc1cc(C(N)C2CCOC2)sc1Br. The molecule has 2 rings (SSSR count). The van der Waals surface area contributed by atoms with Gasteiger partial charge in [-0.2, -0.15) is 0 Å². The largest absolute Gasteiger partial charge is 0.381 e. The summed E-state index contributed by atoms with van der Waals surface area (Å²) in [7, 11) is 0. The summed E-state index contributed by atoms with van der Waals surface area (Å²) in [6, 6.07) is 2.32. The third-order valence-electron chi connectivity index (χ3n) is 2.68. The number of ether oxygens (including phenoxy) is 1. The van der Waals surface area contributed by atoms with E-state index < -0.39 is 0 Å². The van der Waals surface area contributed by atoms with Crippen LogP contribution in [0.4, 0.5) is 0 Å². The van der Waals surface area contributed by atoms with E-state index in [2.05, 4.69) is 28.9 Å². The highest BCUT2D eigenvalue weighted by atomic mass is 79.9. The molecular formula is C10H14BrNOS. The van der Waals surface area contributed by atoms with Crippen molar-refractivity contribution in [3.63, 3.8) is 0 Å². The average molecular weight is 276 g/mol. The summed E-state index contributed by atoms with van der Waals surface area (Å²) in [4.78, 5) is 1.27. The van der Waals surface area contributed by atoms with Gasteiger partial charge in [0.2, 0.25) is 0 Å². The first-order chi connectivity index (χ1) is 6.68. The van der Waals surface area contributed by atoms with Crippen molar-refractivity contribution < 1.29 is 4.74 Å². The molecule has 0 aromatic carbocycles. The van der Waals surface area contributed by atoms with Gasteiger partial charge in [-0.1, -0.05) is 0 Å². The Morgan fingerprint density at radius 2 is 2.50 bits per heavy atom. The van der Waals surface area contributed by atoms with Gasteiger partial charge in [0.05, 0.1) is 10.4 Å². The van der Waals surface area contributed by atoms with E-state index in [1.54, 1.807) is 11.3 Å². The van der Waals surface area contributed by atoms with Crippen LogP contribution < -0.4 is 5.73 Å². The highest BCUT2D eigenvalue weighted by Gasteiger charge is 2.25. The van der Waals surface area contributed by atoms with Gasteiger partial charge in [0.25, 0.3) is 0 Å². The third kappa shape index (κ3) is 2.03. The Hall–Kier alpha value is 0.100. The highest BCUT2D eigenvalue weighted by molar-refractivity contribution is 9.11. The minimum absolute atomic E-state index is 0.146. The zero-order valence-electron chi connectivity index (χ0n) is 8.13. The van der Waals surface area contributed by atoms with E-state index in [0.717, 1.165) is 19.6 Å². The first-order valence-corrected chi connectivity index (χ1v) is 6.38. The van der Waals surface area contributed by atoms with Crippen molar-refractivity contribution in [2.45, 2.75) is 19.4 Å². The number of aryl methyl sites for hydroxylation is 1. The predicted octanol–water partition coefficient (Wildman–Crippen LogP) is 2.86. The van der Waals surface area contributed by atoms with Gasteiger partial charge >= 0.3 is 0 Å². The van der Waals surface area contributed by atoms with E-state index in [1.165, 1.54) is 14.2 Å². The normalized spacial score (nSPS) is 24.1. The maximum atomic E-state index is 6.19. The van der Waals surface area contributed by atoms with E-state index in [1.807, 2.05) is 0 Å². The molecule has 2 N–H and O–H groups in total. The number of nitrogens with two attached hydrogens (primary N) is 1. The Labute approximate surface area is 96.6 Å². The maximum absolute atomic E-state index is 6.19. The fourth-order valence-corrected chi connectivity index (χ4v) is 3.38. The Kier molecular flexibility index (Phi) is 3.27. The van der Waals surface area contributed by atoms with E-state index in [9.17, 15) is 0 Å². The van der Waals surface area contributed by atoms with Crippen molar-refractivity contribution in [1.82, 2.24) is 0 Å². The summed E-state index contributed by atoms with van der Waals surface area (Å²) in [5, 5.41) is 0. The standard InChI is InChI=1S/C10H14BrNOS/c1-6-4-8(14-10(6)11)9(12)7-2-3-13-5-7/h4,7,9H,2-3,5,12H2,1H3. The first-order valence-electron chi connectivity index (χ1n) is 4.77. The van der Waals surface area contributed by atoms with E-state index in [0.29, 0.717) is 5.92 Å². The lowest BCUT2D eigenvalue weighted by molar-refractivity contribution is 0.181. The molecule has 1 aromatic heterocycles. The minimum Gasteiger partial charge on any atom is -0.381 e. The molecule has 4 heteroatoms. The molecule has 1 fully saturated rings. The van der Waals surface area contributed by atoms with E-state index >= 15 is 0 Å². The fourth-order valence-electron chi connectivity index (χ4n) is 1.72. The van der Waals surface area contributed by atoms with Gasteiger partial charge in [0, 0.05) is 23.4 Å². The minimum atomic E-state index is 0.146. The quantitative estimate of drug-likeness (QED) is 0.901. The van der Waals surface area contributed by atoms with Crippen LogP contribution in [-0.4, -0.2) is 13.2 Å². The zero-order chi connectivity index (χ0) is 10.1. The highest BCUT2D eigenvalue weighted by Crippen LogP contribution is 2.35. The molecule has 0 aliphatic carbocycles. The monoisotopic (exact) mass is 275 g/mol. The van der Waals surface area contributed by atoms with Gasteiger partial charge in [-0.15, -0.1) is 11.3 Å². The summed E-state index contributed by atoms with van der Waals surface area (Å²) in [6.45, 7) is 3.78. The van der Waals surface area contributed by atoms with Gasteiger partial charge < -0.3 is 10.5 Å². The number of thiophene rings is 1. The smallest absolute Gasteiger partial charge is 0.0731 e. The molecule has 1 saturated heterocycles. The molecule has 0 radical (unpaired) electrons. The van der Waals surface area contributed by atoms with Crippen LogP contribution in [0, 0.1) is 12.8 Å². The van der Waals surface area contributed by atoms with Crippen molar-refractivity contribution in [2.24, 2.45) is 11.7 Å². The molecule has 78 valence electrons. The number of hydrogen-bond acceptors (Lipinski definition) is 3. The summed E-state index contributed by atoms with van der Waals surface area (Å²) in [6.07, 6.45) is 1.09. The van der Waals surface area contributed by atoms with Crippen molar-refractivity contribution >= 4 is 27.3 Å². The van der Waals surface area contributed by atoms with Gasteiger partial charge in [-0.3, -0.25) is 0 Å². The van der Waals surface area contributed by atoms with Crippen LogP contribution in [0.5, 0.6) is 0 Å². The number of hydrogen-bond donors (Lipinski definition) is 1. The second kappa shape index (κ2) is 4.31. The van der Waals surface area contributed by atoms with Crippen LogP contribution in [0.15, 0.2) is 9.85 Å². The molecule has 1 aliphatic rings. The Morgan fingerprint density at radius 3 is 3.00 bits per heavy atom. The Morgan fingerprint density at radius 1 is 1.71 bits per heavy atom. The predicted molar refractivity (Wildman–Crippen MR) is 62.6 cm³/mol. The number of rotatable bonds is 2. The van der Waals surface area contributed by atoms with Crippen LogP contribution in [0.2, 0.25) is 0 Å². The molecule has 0 bridgehead atoms. The van der Waals surface area contributed by atoms with E-state index in [4.69, 9.17) is 10.5 Å². The summed E-state index contributed by atoms with van der Waals surface area (Å²) in [5.41, 5.74) is 7.47.